The lowest BCUT2D eigenvalue weighted by atomic mass is 9.71. The maximum absolute atomic E-state index is 6.27. The first-order chi connectivity index (χ1) is 15.9. The number of hydrogen-bond donors (Lipinski definition) is 0. The highest BCUT2D eigenvalue weighted by Gasteiger charge is 2.52. The van der Waals surface area contributed by atoms with Crippen LogP contribution in [0.1, 0.15) is 107 Å². The number of aryl methyl sites for hydroxylation is 1. The van der Waals surface area contributed by atoms with Crippen LogP contribution in [-0.2, 0) is 9.31 Å². The van der Waals surface area contributed by atoms with E-state index < -0.39 is 0 Å². The van der Waals surface area contributed by atoms with Crippen LogP contribution in [0.4, 0.5) is 0 Å². The van der Waals surface area contributed by atoms with Gasteiger partial charge in [-0.15, -0.1) is 0 Å². The average molecular weight is 469 g/mol. The molecule has 0 N–H and O–H groups in total. The van der Waals surface area contributed by atoms with E-state index in [-0.39, 0.29) is 18.3 Å². The molecule has 4 rings (SSSR count). The highest BCUT2D eigenvalue weighted by molar-refractivity contribution is 6.55. The quantitative estimate of drug-likeness (QED) is 0.411. The highest BCUT2D eigenvalue weighted by atomic mass is 16.7. The SMILES string of the molecule is CC.CC.CC(C)C.CC1=C(c2oc3ccccc3c2C)C=C(B2OC(C)(C)C(C)(C)O2)CC1. The molecule has 2 heterocycles. The Balaban J connectivity index is 0.000000644. The van der Waals surface area contributed by atoms with Gasteiger partial charge in [-0.2, -0.15) is 0 Å². The molecule has 1 saturated heterocycles. The standard InChI is InChI=1S/C22H27BO3.C4H10.2C2H6/c1-14-11-12-16(23-25-21(3,4)22(5,6)26-23)13-18(14)20-15(2)17-9-7-8-10-19(17)24-20;1-4(2)3;2*1-2/h7-10,13H,11-12H2,1-6H3;4H,1-3H3;2*1-2H3. The minimum absolute atomic E-state index is 0.284. The maximum atomic E-state index is 6.27. The molecule has 0 bridgehead atoms. The largest absolute Gasteiger partial charge is 0.490 e. The van der Waals surface area contributed by atoms with Gasteiger partial charge in [-0.1, -0.05) is 78.3 Å². The molecule has 2 aliphatic rings. The van der Waals surface area contributed by atoms with Crippen molar-refractivity contribution >= 4 is 23.7 Å². The number of rotatable bonds is 2. The summed E-state index contributed by atoms with van der Waals surface area (Å²) in [4.78, 5) is 0. The van der Waals surface area contributed by atoms with Crippen molar-refractivity contribution in [1.82, 2.24) is 0 Å². The van der Waals surface area contributed by atoms with Crippen LogP contribution < -0.4 is 0 Å². The maximum Gasteiger partial charge on any atom is 0.490 e. The highest BCUT2D eigenvalue weighted by Crippen LogP contribution is 2.42. The van der Waals surface area contributed by atoms with Crippen molar-refractivity contribution in [2.24, 2.45) is 5.92 Å². The van der Waals surface area contributed by atoms with Gasteiger partial charge >= 0.3 is 7.12 Å². The van der Waals surface area contributed by atoms with E-state index in [0.717, 1.165) is 30.1 Å². The zero-order valence-corrected chi connectivity index (χ0v) is 24.2. The van der Waals surface area contributed by atoms with Crippen LogP contribution in [0.3, 0.4) is 0 Å². The molecule has 4 heteroatoms. The summed E-state index contributed by atoms with van der Waals surface area (Å²) in [5.74, 6) is 1.80. The van der Waals surface area contributed by atoms with Crippen LogP contribution in [-0.4, -0.2) is 18.3 Å². The second kappa shape index (κ2) is 12.8. The molecule has 0 saturated carbocycles. The summed E-state index contributed by atoms with van der Waals surface area (Å²) < 4.78 is 18.8. The van der Waals surface area contributed by atoms with Gasteiger partial charge in [0.1, 0.15) is 11.3 Å². The van der Waals surface area contributed by atoms with E-state index in [1.54, 1.807) is 0 Å². The average Bonchev–Trinajstić information content (AvgIpc) is 3.23. The summed E-state index contributed by atoms with van der Waals surface area (Å²) in [6.07, 6.45) is 4.19. The number of furan rings is 1. The third kappa shape index (κ3) is 6.89. The van der Waals surface area contributed by atoms with Crippen molar-refractivity contribution in [3.05, 3.63) is 52.7 Å². The number of hydrogen-bond acceptors (Lipinski definition) is 3. The predicted molar refractivity (Wildman–Crippen MR) is 150 cm³/mol. The minimum Gasteiger partial charge on any atom is -0.456 e. The number of allylic oxidation sites excluding steroid dienone is 4. The first kappa shape index (κ1) is 30.3. The predicted octanol–water partition coefficient (Wildman–Crippen LogP) is 9.58. The van der Waals surface area contributed by atoms with Crippen molar-refractivity contribution in [3.63, 3.8) is 0 Å². The van der Waals surface area contributed by atoms with Crippen LogP contribution in [0.15, 0.2) is 45.8 Å². The molecule has 34 heavy (non-hydrogen) atoms. The zero-order chi connectivity index (χ0) is 26.3. The molecule has 0 spiro atoms. The second-order valence-electron chi connectivity index (χ2n) is 10.3. The summed E-state index contributed by atoms with van der Waals surface area (Å²) in [7, 11) is -0.284. The molecule has 3 nitrogen and oxygen atoms in total. The third-order valence-electron chi connectivity index (χ3n) is 6.22. The van der Waals surface area contributed by atoms with Gasteiger partial charge in [0.05, 0.1) is 11.2 Å². The van der Waals surface area contributed by atoms with E-state index in [1.807, 2.05) is 39.8 Å². The summed E-state index contributed by atoms with van der Waals surface area (Å²) in [6, 6.07) is 8.23. The smallest absolute Gasteiger partial charge is 0.456 e. The van der Waals surface area contributed by atoms with E-state index in [2.05, 4.69) is 80.5 Å². The Bertz CT molecular complexity index is 957. The van der Waals surface area contributed by atoms with E-state index >= 15 is 0 Å². The fourth-order valence-corrected chi connectivity index (χ4v) is 3.72. The molecule has 190 valence electrons. The van der Waals surface area contributed by atoms with Gasteiger partial charge in [0.15, 0.2) is 0 Å². The Hall–Kier alpha value is -1.78. The molecule has 1 fully saturated rings. The van der Waals surface area contributed by atoms with Gasteiger partial charge in [-0.3, -0.25) is 0 Å². The Morgan fingerprint density at radius 3 is 1.82 bits per heavy atom. The fraction of sp³-hybridized carbons (Fsp3) is 0.600. The normalized spacial score (nSPS) is 18.4. The Kier molecular flexibility index (Phi) is 11.4. The minimum atomic E-state index is -0.315. The lowest BCUT2D eigenvalue weighted by Crippen LogP contribution is -2.41. The molecule has 0 unspecified atom stereocenters. The van der Waals surface area contributed by atoms with Crippen molar-refractivity contribution in [1.29, 1.82) is 0 Å². The lowest BCUT2D eigenvalue weighted by Gasteiger charge is -2.32. The Labute approximate surface area is 210 Å². The van der Waals surface area contributed by atoms with Gasteiger partial charge in [0.25, 0.3) is 0 Å². The summed E-state index contributed by atoms with van der Waals surface area (Å²) in [6.45, 7) is 27.2. The Morgan fingerprint density at radius 2 is 1.32 bits per heavy atom. The van der Waals surface area contributed by atoms with Gasteiger partial charge in [0.2, 0.25) is 0 Å². The molecular weight excluding hydrogens is 419 g/mol. The topological polar surface area (TPSA) is 31.6 Å². The molecule has 2 aromatic rings. The van der Waals surface area contributed by atoms with Gasteiger partial charge in [-0.25, -0.2) is 0 Å². The first-order valence-corrected chi connectivity index (χ1v) is 13.2. The molecule has 1 aromatic heterocycles. The van der Waals surface area contributed by atoms with E-state index in [0.29, 0.717) is 0 Å². The number of para-hydroxylation sites is 1. The first-order valence-electron chi connectivity index (χ1n) is 13.2. The van der Waals surface area contributed by atoms with Crippen molar-refractivity contribution in [2.45, 2.75) is 114 Å². The molecule has 1 aliphatic carbocycles. The summed E-state index contributed by atoms with van der Waals surface area (Å²) in [5.41, 5.74) is 5.23. The van der Waals surface area contributed by atoms with Gasteiger partial charge in [0, 0.05) is 16.5 Å². The van der Waals surface area contributed by atoms with Crippen LogP contribution in [0.5, 0.6) is 0 Å². The van der Waals surface area contributed by atoms with E-state index in [4.69, 9.17) is 13.7 Å². The van der Waals surface area contributed by atoms with E-state index in [1.165, 1.54) is 27.6 Å². The summed E-state index contributed by atoms with van der Waals surface area (Å²) >= 11 is 0. The van der Waals surface area contributed by atoms with Gasteiger partial charge < -0.3 is 13.7 Å². The van der Waals surface area contributed by atoms with E-state index in [9.17, 15) is 0 Å². The van der Waals surface area contributed by atoms with Gasteiger partial charge in [-0.05, 0) is 71.8 Å². The zero-order valence-electron chi connectivity index (χ0n) is 24.2. The number of benzene rings is 1. The fourth-order valence-electron chi connectivity index (χ4n) is 3.72. The molecule has 1 aromatic carbocycles. The van der Waals surface area contributed by atoms with Crippen LogP contribution >= 0.6 is 0 Å². The van der Waals surface area contributed by atoms with Crippen molar-refractivity contribution in [2.75, 3.05) is 0 Å². The third-order valence-corrected chi connectivity index (χ3v) is 6.22. The second-order valence-corrected chi connectivity index (χ2v) is 10.3. The molecule has 0 radical (unpaired) electrons. The molecule has 1 aliphatic heterocycles. The van der Waals surface area contributed by atoms with Crippen LogP contribution in [0, 0.1) is 12.8 Å². The molecule has 0 amide bonds. The molecule has 0 atom stereocenters. The van der Waals surface area contributed by atoms with Crippen molar-refractivity contribution in [3.8, 4) is 0 Å². The summed E-state index contributed by atoms with van der Waals surface area (Å²) in [5, 5.41) is 1.18. The van der Waals surface area contributed by atoms with Crippen molar-refractivity contribution < 1.29 is 13.7 Å². The number of fused-ring (bicyclic) bond motifs is 1. The Morgan fingerprint density at radius 1 is 0.824 bits per heavy atom. The van der Waals surface area contributed by atoms with Crippen LogP contribution in [0.25, 0.3) is 16.5 Å². The molecular formula is C30H49BO3. The van der Waals surface area contributed by atoms with Crippen LogP contribution in [0.2, 0.25) is 0 Å². The monoisotopic (exact) mass is 468 g/mol. The lowest BCUT2D eigenvalue weighted by molar-refractivity contribution is 0.00578.